The van der Waals surface area contributed by atoms with Crippen molar-refractivity contribution in [3.05, 3.63) is 84.9 Å². The lowest BCUT2D eigenvalue weighted by molar-refractivity contribution is 1.13. The maximum atomic E-state index is 4.92. The molecule has 0 atom stereocenters. The summed E-state index contributed by atoms with van der Waals surface area (Å²) >= 11 is 0. The SMILES string of the molecule is CN(C)c1ccc(-c2[nH]c(-c3ccccc3)nc2-c2ccccc2)cc1. The number of imidazole rings is 1. The molecule has 0 bridgehead atoms. The van der Waals surface area contributed by atoms with Gasteiger partial charge < -0.3 is 9.88 Å². The van der Waals surface area contributed by atoms with Crippen LogP contribution in [0.4, 0.5) is 5.69 Å². The molecule has 0 aliphatic heterocycles. The first-order valence-electron chi connectivity index (χ1n) is 8.71. The molecule has 0 amide bonds. The molecule has 0 spiro atoms. The van der Waals surface area contributed by atoms with Gasteiger partial charge in [-0.3, -0.25) is 0 Å². The highest BCUT2D eigenvalue weighted by atomic mass is 15.1. The summed E-state index contributed by atoms with van der Waals surface area (Å²) in [6, 6.07) is 29.1. The average molecular weight is 339 g/mol. The zero-order valence-electron chi connectivity index (χ0n) is 15.0. The summed E-state index contributed by atoms with van der Waals surface area (Å²) in [5.74, 6) is 0.885. The lowest BCUT2D eigenvalue weighted by Gasteiger charge is -2.12. The molecule has 4 aromatic rings. The van der Waals surface area contributed by atoms with Crippen molar-refractivity contribution in [2.24, 2.45) is 0 Å². The smallest absolute Gasteiger partial charge is 0.138 e. The summed E-state index contributed by atoms with van der Waals surface area (Å²) in [4.78, 5) is 10.6. The summed E-state index contributed by atoms with van der Waals surface area (Å²) in [6.45, 7) is 0. The largest absolute Gasteiger partial charge is 0.378 e. The van der Waals surface area contributed by atoms with E-state index >= 15 is 0 Å². The Morgan fingerprint density at radius 1 is 0.654 bits per heavy atom. The molecule has 1 N–H and O–H groups in total. The minimum Gasteiger partial charge on any atom is -0.378 e. The quantitative estimate of drug-likeness (QED) is 0.534. The standard InChI is InChI=1S/C23H21N3/c1-26(2)20-15-13-18(14-16-20)22-21(17-9-5-3-6-10-17)24-23(25-22)19-11-7-4-8-12-19/h3-16H,1-2H3,(H,24,25). The first kappa shape index (κ1) is 16.2. The predicted molar refractivity (Wildman–Crippen MR) is 109 cm³/mol. The number of aromatic amines is 1. The Morgan fingerprint density at radius 3 is 1.81 bits per heavy atom. The van der Waals surface area contributed by atoms with E-state index in [2.05, 4.69) is 58.4 Å². The molecule has 0 saturated carbocycles. The van der Waals surface area contributed by atoms with Gasteiger partial charge in [-0.2, -0.15) is 0 Å². The molecule has 3 heteroatoms. The van der Waals surface area contributed by atoms with Gasteiger partial charge in [0.2, 0.25) is 0 Å². The fourth-order valence-corrected chi connectivity index (χ4v) is 3.05. The second-order valence-electron chi connectivity index (χ2n) is 6.48. The zero-order valence-corrected chi connectivity index (χ0v) is 15.0. The van der Waals surface area contributed by atoms with E-state index in [1.54, 1.807) is 0 Å². The number of hydrogen-bond donors (Lipinski definition) is 1. The van der Waals surface area contributed by atoms with Crippen LogP contribution in [0.5, 0.6) is 0 Å². The Morgan fingerprint density at radius 2 is 1.23 bits per heavy atom. The van der Waals surface area contributed by atoms with Gasteiger partial charge in [-0.1, -0.05) is 72.8 Å². The van der Waals surface area contributed by atoms with Gasteiger partial charge in [0.15, 0.2) is 0 Å². The van der Waals surface area contributed by atoms with Crippen LogP contribution in [0.25, 0.3) is 33.9 Å². The van der Waals surface area contributed by atoms with Crippen molar-refractivity contribution in [3.8, 4) is 33.9 Å². The number of nitrogens with one attached hydrogen (secondary N) is 1. The number of benzene rings is 3. The van der Waals surface area contributed by atoms with Gasteiger partial charge in [-0.25, -0.2) is 4.98 Å². The summed E-state index contributed by atoms with van der Waals surface area (Å²) in [7, 11) is 4.10. The third-order valence-corrected chi connectivity index (χ3v) is 4.47. The Kier molecular flexibility index (Phi) is 4.28. The minimum absolute atomic E-state index is 0.885. The molecular formula is C23H21N3. The molecule has 0 radical (unpaired) electrons. The van der Waals surface area contributed by atoms with Crippen LogP contribution < -0.4 is 4.90 Å². The Bertz CT molecular complexity index is 985. The monoisotopic (exact) mass is 339 g/mol. The molecule has 1 aromatic heterocycles. The van der Waals surface area contributed by atoms with Gasteiger partial charge in [0.25, 0.3) is 0 Å². The van der Waals surface area contributed by atoms with Gasteiger partial charge in [-0.15, -0.1) is 0 Å². The molecule has 0 aliphatic carbocycles. The van der Waals surface area contributed by atoms with E-state index in [1.165, 1.54) is 5.69 Å². The van der Waals surface area contributed by atoms with Crippen LogP contribution in [0.2, 0.25) is 0 Å². The third kappa shape index (κ3) is 3.11. The molecule has 0 fully saturated rings. The fraction of sp³-hybridized carbons (Fsp3) is 0.0870. The van der Waals surface area contributed by atoms with Crippen molar-refractivity contribution < 1.29 is 0 Å². The highest BCUT2D eigenvalue weighted by Crippen LogP contribution is 2.33. The van der Waals surface area contributed by atoms with Gasteiger partial charge >= 0.3 is 0 Å². The van der Waals surface area contributed by atoms with Gasteiger partial charge in [0.1, 0.15) is 5.82 Å². The van der Waals surface area contributed by atoms with Crippen LogP contribution in [0.1, 0.15) is 0 Å². The van der Waals surface area contributed by atoms with Crippen molar-refractivity contribution >= 4 is 5.69 Å². The lowest BCUT2D eigenvalue weighted by Crippen LogP contribution is -2.07. The first-order chi connectivity index (χ1) is 12.7. The topological polar surface area (TPSA) is 31.9 Å². The van der Waals surface area contributed by atoms with Gasteiger partial charge in [0.05, 0.1) is 11.4 Å². The number of aromatic nitrogens is 2. The first-order valence-corrected chi connectivity index (χ1v) is 8.71. The zero-order chi connectivity index (χ0) is 17.9. The van der Waals surface area contributed by atoms with E-state index in [0.717, 1.165) is 33.9 Å². The second kappa shape index (κ2) is 6.89. The second-order valence-corrected chi connectivity index (χ2v) is 6.48. The molecule has 128 valence electrons. The fourth-order valence-electron chi connectivity index (χ4n) is 3.05. The van der Waals surface area contributed by atoms with Crippen LogP contribution in [0.3, 0.4) is 0 Å². The molecule has 26 heavy (non-hydrogen) atoms. The summed E-state index contributed by atoms with van der Waals surface area (Å²) in [6.07, 6.45) is 0. The predicted octanol–water partition coefficient (Wildman–Crippen LogP) is 5.48. The number of anilines is 1. The summed E-state index contributed by atoms with van der Waals surface area (Å²) < 4.78 is 0. The van der Waals surface area contributed by atoms with Crippen LogP contribution in [0.15, 0.2) is 84.9 Å². The Labute approximate surface area is 154 Å². The van der Waals surface area contributed by atoms with E-state index in [9.17, 15) is 0 Å². The molecule has 3 aromatic carbocycles. The summed E-state index contributed by atoms with van der Waals surface area (Å²) in [5.41, 5.74) is 6.52. The third-order valence-electron chi connectivity index (χ3n) is 4.47. The molecule has 0 saturated heterocycles. The van der Waals surface area contributed by atoms with E-state index in [1.807, 2.05) is 50.5 Å². The van der Waals surface area contributed by atoms with Crippen LogP contribution in [-0.2, 0) is 0 Å². The Balaban J connectivity index is 1.85. The van der Waals surface area contributed by atoms with Gasteiger partial charge in [0, 0.05) is 36.5 Å². The number of nitrogens with zero attached hydrogens (tertiary/aromatic N) is 2. The average Bonchev–Trinajstić information content (AvgIpc) is 3.15. The van der Waals surface area contributed by atoms with Crippen LogP contribution >= 0.6 is 0 Å². The summed E-state index contributed by atoms with van der Waals surface area (Å²) in [5, 5.41) is 0. The van der Waals surface area contributed by atoms with E-state index in [-0.39, 0.29) is 0 Å². The van der Waals surface area contributed by atoms with Gasteiger partial charge in [-0.05, 0) is 12.1 Å². The number of rotatable bonds is 4. The maximum Gasteiger partial charge on any atom is 0.138 e. The van der Waals surface area contributed by atoms with Crippen molar-refractivity contribution in [1.29, 1.82) is 0 Å². The van der Waals surface area contributed by atoms with Crippen molar-refractivity contribution in [2.75, 3.05) is 19.0 Å². The number of hydrogen-bond acceptors (Lipinski definition) is 2. The molecule has 0 aliphatic rings. The molecule has 1 heterocycles. The molecule has 3 nitrogen and oxygen atoms in total. The van der Waals surface area contributed by atoms with Crippen LogP contribution in [0, 0.1) is 0 Å². The van der Waals surface area contributed by atoms with E-state index in [0.29, 0.717) is 0 Å². The highest BCUT2D eigenvalue weighted by Gasteiger charge is 2.15. The highest BCUT2D eigenvalue weighted by molar-refractivity contribution is 5.81. The molecule has 0 unspecified atom stereocenters. The minimum atomic E-state index is 0.885. The van der Waals surface area contributed by atoms with Crippen molar-refractivity contribution in [3.63, 3.8) is 0 Å². The maximum absolute atomic E-state index is 4.92. The van der Waals surface area contributed by atoms with E-state index < -0.39 is 0 Å². The molecular weight excluding hydrogens is 318 g/mol. The lowest BCUT2D eigenvalue weighted by atomic mass is 10.0. The van der Waals surface area contributed by atoms with E-state index in [4.69, 9.17) is 4.98 Å². The van der Waals surface area contributed by atoms with Crippen molar-refractivity contribution in [1.82, 2.24) is 9.97 Å². The van der Waals surface area contributed by atoms with Crippen LogP contribution in [-0.4, -0.2) is 24.1 Å². The van der Waals surface area contributed by atoms with Crippen molar-refractivity contribution in [2.45, 2.75) is 0 Å². The normalized spacial score (nSPS) is 10.7. The Hall–Kier alpha value is -3.33. The number of H-pyrrole nitrogens is 1. The molecule has 4 rings (SSSR count).